The monoisotopic (exact) mass is 581 g/mol. The van der Waals surface area contributed by atoms with Gasteiger partial charge in [-0.1, -0.05) is 93.6 Å². The molecule has 0 saturated carbocycles. The number of thioether (sulfide) groups is 1. The van der Waals surface area contributed by atoms with Crippen LogP contribution in [0.15, 0.2) is 93.2 Å². The number of Topliss-reactive ketones (excluding diaryl/α,β-unsaturated/α-hetero) is 1. The fourth-order valence-corrected chi connectivity index (χ4v) is 5.92. The quantitative estimate of drug-likeness (QED) is 0.0937. The van der Waals surface area contributed by atoms with Crippen LogP contribution in [0.4, 0.5) is 9.52 Å². The van der Waals surface area contributed by atoms with Gasteiger partial charge in [-0.2, -0.15) is 0 Å². The summed E-state index contributed by atoms with van der Waals surface area (Å²) in [5, 5.41) is 19.8. The summed E-state index contributed by atoms with van der Waals surface area (Å²) in [5.41, 5.74) is 1.98. The van der Waals surface area contributed by atoms with Crippen LogP contribution in [0.2, 0.25) is 0 Å². The predicted molar refractivity (Wildman–Crippen MR) is 141 cm³/mol. The lowest BCUT2D eigenvalue weighted by atomic mass is 9.95. The molecule has 36 heavy (non-hydrogen) atoms. The van der Waals surface area contributed by atoms with Crippen molar-refractivity contribution in [1.29, 1.82) is 0 Å². The largest absolute Gasteiger partial charge is 0.507 e. The van der Waals surface area contributed by atoms with Gasteiger partial charge in [-0.15, -0.1) is 10.2 Å². The van der Waals surface area contributed by atoms with Gasteiger partial charge in [0.1, 0.15) is 11.6 Å². The van der Waals surface area contributed by atoms with E-state index in [1.165, 1.54) is 40.1 Å². The van der Waals surface area contributed by atoms with Gasteiger partial charge in [0.15, 0.2) is 4.34 Å². The van der Waals surface area contributed by atoms with Gasteiger partial charge in [-0.25, -0.2) is 4.39 Å². The number of halogens is 2. The molecule has 1 atom stereocenters. The van der Waals surface area contributed by atoms with Gasteiger partial charge in [0, 0.05) is 15.8 Å². The van der Waals surface area contributed by atoms with Crippen LogP contribution in [-0.2, 0) is 15.3 Å². The van der Waals surface area contributed by atoms with Crippen molar-refractivity contribution in [2.45, 2.75) is 16.1 Å². The highest BCUT2D eigenvalue weighted by atomic mass is 79.9. The molecule has 1 aliphatic rings. The van der Waals surface area contributed by atoms with Crippen molar-refractivity contribution in [2.75, 3.05) is 4.90 Å². The van der Waals surface area contributed by atoms with Gasteiger partial charge >= 0.3 is 5.91 Å². The van der Waals surface area contributed by atoms with Crippen molar-refractivity contribution >= 4 is 61.6 Å². The average molecular weight is 582 g/mol. The lowest BCUT2D eigenvalue weighted by Gasteiger charge is -2.22. The van der Waals surface area contributed by atoms with E-state index in [1.54, 1.807) is 60.7 Å². The third kappa shape index (κ3) is 4.84. The van der Waals surface area contributed by atoms with Crippen molar-refractivity contribution < 1.29 is 19.1 Å². The highest BCUT2D eigenvalue weighted by Crippen LogP contribution is 2.44. The molecule has 1 aliphatic heterocycles. The molecule has 3 aromatic carbocycles. The number of hydrogen-bond acceptors (Lipinski definition) is 7. The van der Waals surface area contributed by atoms with E-state index in [1.807, 2.05) is 6.07 Å². The van der Waals surface area contributed by atoms with Gasteiger partial charge in [-0.3, -0.25) is 14.5 Å². The van der Waals surface area contributed by atoms with E-state index < -0.39 is 17.7 Å². The molecule has 10 heteroatoms. The van der Waals surface area contributed by atoms with Crippen molar-refractivity contribution in [1.82, 2.24) is 10.2 Å². The summed E-state index contributed by atoms with van der Waals surface area (Å²) in [6, 6.07) is 21.2. The Kier molecular flexibility index (Phi) is 6.99. The molecular formula is C26H17BrFN3O3S2. The Bertz CT molecular complexity index is 1460. The maximum atomic E-state index is 13.2. The SMILES string of the molecule is O=C1C(=O)N(c2nnc(SCc3ccc(F)cc3)s2)C(c2ccccc2)/C1=C(/O)c1ccc(Br)cc1. The van der Waals surface area contributed by atoms with Crippen molar-refractivity contribution in [3.05, 3.63) is 111 Å². The van der Waals surface area contributed by atoms with E-state index in [0.717, 1.165) is 10.0 Å². The second kappa shape index (κ2) is 10.3. The summed E-state index contributed by atoms with van der Waals surface area (Å²) >= 11 is 5.94. The van der Waals surface area contributed by atoms with Crippen LogP contribution in [0.5, 0.6) is 0 Å². The van der Waals surface area contributed by atoms with Crippen molar-refractivity contribution in [2.24, 2.45) is 0 Å². The first-order valence-electron chi connectivity index (χ1n) is 10.7. The lowest BCUT2D eigenvalue weighted by Crippen LogP contribution is -2.29. The van der Waals surface area contributed by atoms with E-state index in [2.05, 4.69) is 26.1 Å². The van der Waals surface area contributed by atoms with Crippen LogP contribution in [0.3, 0.4) is 0 Å². The molecule has 1 amide bonds. The molecule has 0 radical (unpaired) electrons. The topological polar surface area (TPSA) is 83.4 Å². The number of nitrogens with zero attached hydrogens (tertiary/aromatic N) is 3. The van der Waals surface area contributed by atoms with Crippen molar-refractivity contribution in [3.63, 3.8) is 0 Å². The third-order valence-corrected chi connectivity index (χ3v) is 8.21. The second-order valence-corrected chi connectivity index (χ2v) is 10.9. The molecule has 5 rings (SSSR count). The number of aliphatic hydroxyl groups is 1. The van der Waals surface area contributed by atoms with Gasteiger partial charge in [0.2, 0.25) is 5.13 Å². The first kappa shape index (κ1) is 24.4. The molecular weight excluding hydrogens is 565 g/mol. The minimum Gasteiger partial charge on any atom is -0.507 e. The highest BCUT2D eigenvalue weighted by Gasteiger charge is 2.48. The fraction of sp³-hybridized carbons (Fsp3) is 0.0769. The lowest BCUT2D eigenvalue weighted by molar-refractivity contribution is -0.132. The first-order chi connectivity index (χ1) is 17.4. The fourth-order valence-electron chi connectivity index (χ4n) is 3.83. The molecule has 1 unspecified atom stereocenters. The van der Waals surface area contributed by atoms with Crippen LogP contribution >= 0.6 is 39.0 Å². The number of rotatable bonds is 6. The number of aromatic nitrogens is 2. The molecule has 1 saturated heterocycles. The van der Waals surface area contributed by atoms with Gasteiger partial charge in [0.25, 0.3) is 5.78 Å². The Morgan fingerprint density at radius 2 is 1.69 bits per heavy atom. The third-order valence-electron chi connectivity index (χ3n) is 5.55. The van der Waals surface area contributed by atoms with E-state index in [-0.39, 0.29) is 22.3 Å². The van der Waals surface area contributed by atoms with Crippen LogP contribution < -0.4 is 4.90 Å². The molecule has 0 aliphatic carbocycles. The minimum atomic E-state index is -0.863. The number of amides is 1. The molecule has 1 aromatic heterocycles. The number of hydrogen-bond donors (Lipinski definition) is 1. The number of ketones is 1. The molecule has 2 heterocycles. The molecule has 0 bridgehead atoms. The molecule has 1 N–H and O–H groups in total. The maximum absolute atomic E-state index is 13.2. The van der Waals surface area contributed by atoms with E-state index >= 15 is 0 Å². The van der Waals surface area contributed by atoms with E-state index in [4.69, 9.17) is 0 Å². The Morgan fingerprint density at radius 3 is 2.39 bits per heavy atom. The van der Waals surface area contributed by atoms with Gasteiger partial charge in [0.05, 0.1) is 11.6 Å². The molecule has 180 valence electrons. The summed E-state index contributed by atoms with van der Waals surface area (Å²) in [6.45, 7) is 0. The van der Waals surface area contributed by atoms with E-state index in [0.29, 0.717) is 21.2 Å². The summed E-state index contributed by atoms with van der Waals surface area (Å²) in [6.07, 6.45) is 0. The second-order valence-electron chi connectivity index (χ2n) is 7.85. The Hall–Kier alpha value is -3.34. The number of benzene rings is 3. The summed E-state index contributed by atoms with van der Waals surface area (Å²) in [7, 11) is 0. The smallest absolute Gasteiger partial charge is 0.301 e. The minimum absolute atomic E-state index is 0.00997. The van der Waals surface area contributed by atoms with Crippen molar-refractivity contribution in [3.8, 4) is 0 Å². The predicted octanol–water partition coefficient (Wildman–Crippen LogP) is 6.36. The normalized spacial score (nSPS) is 17.1. The van der Waals surface area contributed by atoms with Gasteiger partial charge in [-0.05, 0) is 35.4 Å². The summed E-state index contributed by atoms with van der Waals surface area (Å²) in [4.78, 5) is 27.7. The maximum Gasteiger partial charge on any atom is 0.301 e. The number of aliphatic hydroxyl groups excluding tert-OH is 1. The van der Waals surface area contributed by atoms with Crippen LogP contribution in [0, 0.1) is 5.82 Å². The van der Waals surface area contributed by atoms with E-state index in [9.17, 15) is 19.1 Å². The molecule has 0 spiro atoms. The standard InChI is InChI=1S/C26H17BrFN3O3S2/c27-18-10-8-17(9-11-18)22(32)20-21(16-4-2-1-3-5-16)31(24(34)23(20)33)25-29-30-26(36-25)35-14-15-6-12-19(28)13-7-15/h1-13,21,32H,14H2/b22-20-. The average Bonchev–Trinajstić information content (AvgIpc) is 3.46. The van der Waals surface area contributed by atoms with Crippen LogP contribution in [0.25, 0.3) is 5.76 Å². The van der Waals surface area contributed by atoms with Crippen LogP contribution in [-0.4, -0.2) is 27.0 Å². The Morgan fingerprint density at radius 1 is 1.00 bits per heavy atom. The summed E-state index contributed by atoms with van der Waals surface area (Å²) < 4.78 is 14.6. The Labute approximate surface area is 222 Å². The number of carbonyl (C=O) groups excluding carboxylic acids is 2. The number of carbonyl (C=O) groups is 2. The zero-order valence-corrected chi connectivity index (χ0v) is 21.7. The highest BCUT2D eigenvalue weighted by molar-refractivity contribution is 9.10. The summed E-state index contributed by atoms with van der Waals surface area (Å²) in [5.74, 6) is -1.60. The molecule has 6 nitrogen and oxygen atoms in total. The molecule has 1 fully saturated rings. The number of anilines is 1. The van der Waals surface area contributed by atoms with Crippen LogP contribution in [0.1, 0.15) is 22.7 Å². The zero-order chi connectivity index (χ0) is 25.2. The van der Waals surface area contributed by atoms with Gasteiger partial charge < -0.3 is 5.11 Å². The first-order valence-corrected chi connectivity index (χ1v) is 13.3. The zero-order valence-electron chi connectivity index (χ0n) is 18.5. The molecule has 4 aromatic rings. The Balaban J connectivity index is 1.51.